The van der Waals surface area contributed by atoms with Crippen molar-refractivity contribution in [2.75, 3.05) is 6.61 Å². The van der Waals surface area contributed by atoms with Crippen molar-refractivity contribution < 1.29 is 9.47 Å². The minimum Gasteiger partial charge on any atom is -0.465 e. The van der Waals surface area contributed by atoms with E-state index >= 15 is 0 Å². The van der Waals surface area contributed by atoms with Crippen LogP contribution in [0.3, 0.4) is 0 Å². The number of ether oxygens (including phenoxy) is 2. The molecule has 1 aliphatic rings. The van der Waals surface area contributed by atoms with Crippen LogP contribution in [0.5, 0.6) is 5.75 Å². The summed E-state index contributed by atoms with van der Waals surface area (Å²) in [6.45, 7) is 9.80. The lowest BCUT2D eigenvalue weighted by Crippen LogP contribution is -2.38. The predicted molar refractivity (Wildman–Crippen MR) is 87.7 cm³/mol. The lowest BCUT2D eigenvalue weighted by molar-refractivity contribution is -0.160. The fraction of sp³-hybridized carbons (Fsp3) is 0.684. The van der Waals surface area contributed by atoms with Crippen molar-refractivity contribution in [3.05, 3.63) is 29.8 Å². The summed E-state index contributed by atoms with van der Waals surface area (Å²) in [4.78, 5) is 0. The standard InChI is InChI=1S/C19H30O2/c1-5-14(4)17-8-10-18(11-9-17)21-19-16(7-3)12-15(6-2)13-20-19/h8-11,14-16,19H,5-7,12-13H2,1-4H3. The Kier molecular flexibility index (Phi) is 6.10. The molecule has 2 nitrogen and oxygen atoms in total. The Balaban J connectivity index is 1.97. The summed E-state index contributed by atoms with van der Waals surface area (Å²) in [5.74, 6) is 2.75. The number of hydrogen-bond acceptors (Lipinski definition) is 2. The molecule has 1 aromatic carbocycles. The lowest BCUT2D eigenvalue weighted by atomic mass is 9.88. The molecule has 2 rings (SSSR count). The van der Waals surface area contributed by atoms with E-state index in [1.807, 2.05) is 0 Å². The van der Waals surface area contributed by atoms with Crippen LogP contribution in [0, 0.1) is 11.8 Å². The van der Waals surface area contributed by atoms with Crippen molar-refractivity contribution in [3.63, 3.8) is 0 Å². The SMILES string of the molecule is CCC1COC(Oc2ccc(C(C)CC)cc2)C(CC)C1. The molecule has 4 unspecified atom stereocenters. The molecule has 1 saturated heterocycles. The Morgan fingerprint density at radius 3 is 2.43 bits per heavy atom. The van der Waals surface area contributed by atoms with E-state index < -0.39 is 0 Å². The van der Waals surface area contributed by atoms with Gasteiger partial charge in [-0.25, -0.2) is 0 Å². The summed E-state index contributed by atoms with van der Waals surface area (Å²) in [6, 6.07) is 8.54. The van der Waals surface area contributed by atoms with Gasteiger partial charge in [0.05, 0.1) is 6.61 Å². The molecule has 0 bridgehead atoms. The first-order valence-corrected chi connectivity index (χ1v) is 8.56. The molecule has 1 fully saturated rings. The van der Waals surface area contributed by atoms with Crippen molar-refractivity contribution >= 4 is 0 Å². The third kappa shape index (κ3) is 4.23. The maximum Gasteiger partial charge on any atom is 0.202 e. The Labute approximate surface area is 129 Å². The first-order valence-electron chi connectivity index (χ1n) is 8.56. The summed E-state index contributed by atoms with van der Waals surface area (Å²) in [5.41, 5.74) is 1.38. The van der Waals surface area contributed by atoms with Crippen LogP contribution in [-0.2, 0) is 4.74 Å². The van der Waals surface area contributed by atoms with Crippen molar-refractivity contribution in [3.8, 4) is 5.75 Å². The second-order valence-corrected chi connectivity index (χ2v) is 6.38. The van der Waals surface area contributed by atoms with Gasteiger partial charge in [0, 0.05) is 5.92 Å². The van der Waals surface area contributed by atoms with E-state index in [2.05, 4.69) is 52.0 Å². The fourth-order valence-electron chi connectivity index (χ4n) is 2.99. The highest BCUT2D eigenvalue weighted by Gasteiger charge is 2.30. The Hall–Kier alpha value is -1.02. The topological polar surface area (TPSA) is 18.5 Å². The summed E-state index contributed by atoms with van der Waals surface area (Å²) in [6.07, 6.45) is 4.64. The molecule has 1 aromatic rings. The minimum atomic E-state index is -0.0766. The van der Waals surface area contributed by atoms with Crippen molar-refractivity contribution in [2.24, 2.45) is 11.8 Å². The highest BCUT2D eigenvalue weighted by Crippen LogP contribution is 2.31. The van der Waals surface area contributed by atoms with Crippen LogP contribution in [0.25, 0.3) is 0 Å². The van der Waals surface area contributed by atoms with Crippen LogP contribution in [-0.4, -0.2) is 12.9 Å². The smallest absolute Gasteiger partial charge is 0.202 e. The molecular weight excluding hydrogens is 260 g/mol. The zero-order valence-electron chi connectivity index (χ0n) is 14.0. The fourth-order valence-corrected chi connectivity index (χ4v) is 2.99. The van der Waals surface area contributed by atoms with Crippen LogP contribution in [0.4, 0.5) is 0 Å². The van der Waals surface area contributed by atoms with Crippen LogP contribution >= 0.6 is 0 Å². The van der Waals surface area contributed by atoms with E-state index in [0.717, 1.165) is 18.8 Å². The molecule has 0 saturated carbocycles. The van der Waals surface area contributed by atoms with Gasteiger partial charge in [-0.1, -0.05) is 46.2 Å². The molecule has 1 heterocycles. The average molecular weight is 290 g/mol. The quantitative estimate of drug-likeness (QED) is 0.700. The van der Waals surface area contributed by atoms with Crippen molar-refractivity contribution in [1.82, 2.24) is 0 Å². The van der Waals surface area contributed by atoms with Crippen LogP contribution in [0.1, 0.15) is 64.9 Å². The van der Waals surface area contributed by atoms with Crippen LogP contribution < -0.4 is 4.74 Å². The minimum absolute atomic E-state index is 0.0766. The van der Waals surface area contributed by atoms with Gasteiger partial charge in [0.15, 0.2) is 0 Å². The predicted octanol–water partition coefficient (Wildman–Crippen LogP) is 5.38. The van der Waals surface area contributed by atoms with Gasteiger partial charge in [0.25, 0.3) is 0 Å². The van der Waals surface area contributed by atoms with Crippen molar-refractivity contribution in [1.29, 1.82) is 0 Å². The van der Waals surface area contributed by atoms with Gasteiger partial charge >= 0.3 is 0 Å². The first-order chi connectivity index (χ1) is 10.2. The van der Waals surface area contributed by atoms with E-state index in [0.29, 0.717) is 17.8 Å². The molecule has 1 aliphatic heterocycles. The summed E-state index contributed by atoms with van der Waals surface area (Å²) in [5, 5.41) is 0. The van der Waals surface area contributed by atoms with Gasteiger partial charge in [-0.05, 0) is 48.8 Å². The van der Waals surface area contributed by atoms with E-state index in [-0.39, 0.29) is 6.29 Å². The van der Waals surface area contributed by atoms with Gasteiger partial charge in [0.1, 0.15) is 5.75 Å². The van der Waals surface area contributed by atoms with Gasteiger partial charge in [0.2, 0.25) is 6.29 Å². The molecule has 0 radical (unpaired) electrons. The Morgan fingerprint density at radius 1 is 1.14 bits per heavy atom. The Morgan fingerprint density at radius 2 is 1.86 bits per heavy atom. The van der Waals surface area contributed by atoms with Crippen LogP contribution in [0.15, 0.2) is 24.3 Å². The summed E-state index contributed by atoms with van der Waals surface area (Å²) < 4.78 is 12.1. The highest BCUT2D eigenvalue weighted by atomic mass is 16.7. The summed E-state index contributed by atoms with van der Waals surface area (Å²) >= 11 is 0. The number of hydrogen-bond donors (Lipinski definition) is 0. The monoisotopic (exact) mass is 290 g/mol. The lowest BCUT2D eigenvalue weighted by Gasteiger charge is -2.35. The van der Waals surface area contributed by atoms with E-state index in [1.165, 1.54) is 24.8 Å². The zero-order valence-corrected chi connectivity index (χ0v) is 14.0. The normalized spacial score (nSPS) is 27.3. The third-order valence-corrected chi connectivity index (χ3v) is 4.93. The molecule has 118 valence electrons. The molecule has 0 spiro atoms. The second kappa shape index (κ2) is 7.84. The highest BCUT2D eigenvalue weighted by molar-refractivity contribution is 5.29. The van der Waals surface area contributed by atoms with Crippen LogP contribution in [0.2, 0.25) is 0 Å². The van der Waals surface area contributed by atoms with Gasteiger partial charge in [-0.2, -0.15) is 0 Å². The zero-order chi connectivity index (χ0) is 15.2. The number of benzene rings is 1. The van der Waals surface area contributed by atoms with Gasteiger partial charge < -0.3 is 9.47 Å². The summed E-state index contributed by atoms with van der Waals surface area (Å²) in [7, 11) is 0. The Bertz CT molecular complexity index is 412. The molecule has 21 heavy (non-hydrogen) atoms. The third-order valence-electron chi connectivity index (χ3n) is 4.93. The van der Waals surface area contributed by atoms with E-state index in [4.69, 9.17) is 9.47 Å². The maximum atomic E-state index is 6.10. The van der Waals surface area contributed by atoms with Gasteiger partial charge in [-0.3, -0.25) is 0 Å². The van der Waals surface area contributed by atoms with E-state index in [1.54, 1.807) is 0 Å². The average Bonchev–Trinajstić information content (AvgIpc) is 2.55. The first kappa shape index (κ1) is 16.4. The molecule has 0 aromatic heterocycles. The molecule has 4 atom stereocenters. The molecule has 0 N–H and O–H groups in total. The molecule has 0 amide bonds. The largest absolute Gasteiger partial charge is 0.465 e. The maximum absolute atomic E-state index is 6.10. The van der Waals surface area contributed by atoms with Crippen molar-refractivity contribution in [2.45, 2.75) is 65.6 Å². The van der Waals surface area contributed by atoms with Gasteiger partial charge in [-0.15, -0.1) is 0 Å². The molecule has 2 heteroatoms. The molecular formula is C19H30O2. The number of rotatable bonds is 6. The van der Waals surface area contributed by atoms with E-state index in [9.17, 15) is 0 Å². The molecule has 0 aliphatic carbocycles. The second-order valence-electron chi connectivity index (χ2n) is 6.38.